The molecule has 8 heteroatoms. The van der Waals surface area contributed by atoms with Crippen LogP contribution >= 0.6 is 0 Å². The summed E-state index contributed by atoms with van der Waals surface area (Å²) < 4.78 is 13.1. The van der Waals surface area contributed by atoms with Crippen molar-refractivity contribution in [1.29, 1.82) is 0 Å². The van der Waals surface area contributed by atoms with E-state index in [0.29, 0.717) is 11.9 Å². The molecule has 0 amide bonds. The van der Waals surface area contributed by atoms with Crippen LogP contribution in [0.15, 0.2) is 54.9 Å². The first-order valence-electron chi connectivity index (χ1n) is 10.3. The highest BCUT2D eigenvalue weighted by molar-refractivity contribution is 5.98. The summed E-state index contributed by atoms with van der Waals surface area (Å²) in [4.78, 5) is 8.71. The Kier molecular flexibility index (Phi) is 5.13. The molecule has 158 valence electrons. The number of ether oxygens (including phenoxy) is 2. The molecule has 3 N–H and O–H groups in total. The predicted molar refractivity (Wildman–Crippen MR) is 119 cm³/mol. The molecule has 1 aliphatic rings. The van der Waals surface area contributed by atoms with Crippen molar-refractivity contribution >= 4 is 16.9 Å². The molecule has 31 heavy (non-hydrogen) atoms. The first kappa shape index (κ1) is 19.3. The topological polar surface area (TPSA) is 100 Å². The molecule has 0 unspecified atom stereocenters. The van der Waals surface area contributed by atoms with E-state index in [1.165, 1.54) is 6.33 Å². The summed E-state index contributed by atoms with van der Waals surface area (Å²) >= 11 is 0. The van der Waals surface area contributed by atoms with Gasteiger partial charge in [0.25, 0.3) is 0 Å². The summed E-state index contributed by atoms with van der Waals surface area (Å²) in [5, 5.41) is 9.12. The number of aromatic nitrogens is 4. The molecule has 2 aromatic heterocycles. The van der Waals surface area contributed by atoms with Crippen molar-refractivity contribution < 1.29 is 9.47 Å². The van der Waals surface area contributed by atoms with Crippen LogP contribution in [0.5, 0.6) is 17.2 Å². The van der Waals surface area contributed by atoms with Crippen molar-refractivity contribution in [3.8, 4) is 28.5 Å². The van der Waals surface area contributed by atoms with Crippen LogP contribution in [-0.4, -0.2) is 39.9 Å². The summed E-state index contributed by atoms with van der Waals surface area (Å²) in [7, 11) is 1.64. The van der Waals surface area contributed by atoms with E-state index in [1.54, 1.807) is 7.11 Å². The highest BCUT2D eigenvalue weighted by Crippen LogP contribution is 2.34. The van der Waals surface area contributed by atoms with E-state index >= 15 is 0 Å². The Morgan fingerprint density at radius 2 is 1.58 bits per heavy atom. The summed E-state index contributed by atoms with van der Waals surface area (Å²) in [5.41, 5.74) is 8.77. The fourth-order valence-corrected chi connectivity index (χ4v) is 3.96. The minimum Gasteiger partial charge on any atom is -0.497 e. The maximum absolute atomic E-state index is 6.24. The van der Waals surface area contributed by atoms with Crippen molar-refractivity contribution in [2.45, 2.75) is 18.9 Å². The van der Waals surface area contributed by atoms with E-state index in [9.17, 15) is 0 Å². The zero-order chi connectivity index (χ0) is 21.2. The monoisotopic (exact) mass is 416 g/mol. The number of benzene rings is 2. The largest absolute Gasteiger partial charge is 0.497 e. The van der Waals surface area contributed by atoms with Gasteiger partial charge in [0.05, 0.1) is 18.5 Å². The molecule has 0 saturated carbocycles. The van der Waals surface area contributed by atoms with Crippen LogP contribution in [0.2, 0.25) is 0 Å². The van der Waals surface area contributed by atoms with E-state index in [-0.39, 0.29) is 0 Å². The first-order chi connectivity index (χ1) is 15.2. The van der Waals surface area contributed by atoms with Gasteiger partial charge in [-0.05, 0) is 74.5 Å². The average molecular weight is 416 g/mol. The Morgan fingerprint density at radius 3 is 2.26 bits per heavy atom. The van der Waals surface area contributed by atoms with Crippen molar-refractivity contribution in [3.05, 3.63) is 54.9 Å². The first-order valence-corrected chi connectivity index (χ1v) is 10.3. The summed E-state index contributed by atoms with van der Waals surface area (Å²) in [6.07, 6.45) is 3.52. The molecule has 2 aromatic carbocycles. The number of nitrogens with one attached hydrogen (secondary N) is 1. The quantitative estimate of drug-likeness (QED) is 0.510. The van der Waals surface area contributed by atoms with E-state index in [1.807, 2.05) is 53.2 Å². The van der Waals surface area contributed by atoms with Crippen LogP contribution < -0.4 is 20.5 Å². The second kappa shape index (κ2) is 8.23. The molecule has 1 saturated heterocycles. The van der Waals surface area contributed by atoms with E-state index in [0.717, 1.165) is 65.5 Å². The van der Waals surface area contributed by atoms with Crippen molar-refractivity contribution in [1.82, 2.24) is 25.1 Å². The summed E-state index contributed by atoms with van der Waals surface area (Å²) in [5.74, 6) is 2.71. The molecular weight excluding hydrogens is 392 g/mol. The van der Waals surface area contributed by atoms with Gasteiger partial charge < -0.3 is 20.5 Å². The molecule has 0 bridgehead atoms. The lowest BCUT2D eigenvalue weighted by molar-refractivity contribution is 0.350. The number of hydrogen-bond acceptors (Lipinski definition) is 7. The number of nitrogen functional groups attached to an aromatic ring is 1. The third-order valence-corrected chi connectivity index (χ3v) is 5.60. The maximum Gasteiger partial charge on any atom is 0.164 e. The Labute approximate surface area is 180 Å². The molecule has 1 fully saturated rings. The van der Waals surface area contributed by atoms with E-state index in [4.69, 9.17) is 20.3 Å². The molecule has 5 rings (SSSR count). The van der Waals surface area contributed by atoms with Crippen LogP contribution in [0.1, 0.15) is 18.9 Å². The zero-order valence-electron chi connectivity index (χ0n) is 17.3. The van der Waals surface area contributed by atoms with E-state index < -0.39 is 0 Å². The van der Waals surface area contributed by atoms with Gasteiger partial charge in [-0.15, -0.1) is 0 Å². The van der Waals surface area contributed by atoms with Gasteiger partial charge in [-0.3, -0.25) is 0 Å². The number of anilines is 1. The van der Waals surface area contributed by atoms with Crippen LogP contribution in [-0.2, 0) is 0 Å². The molecule has 0 aliphatic carbocycles. The van der Waals surface area contributed by atoms with Gasteiger partial charge in [0.15, 0.2) is 5.65 Å². The van der Waals surface area contributed by atoms with Crippen LogP contribution in [0.3, 0.4) is 0 Å². The fraction of sp³-hybridized carbons (Fsp3) is 0.261. The number of methoxy groups -OCH3 is 1. The van der Waals surface area contributed by atoms with Gasteiger partial charge in [-0.25, -0.2) is 14.6 Å². The number of fused-ring (bicyclic) bond motifs is 1. The number of piperidine rings is 1. The van der Waals surface area contributed by atoms with E-state index in [2.05, 4.69) is 15.3 Å². The molecule has 3 heterocycles. The molecule has 1 aliphatic heterocycles. The molecule has 8 nitrogen and oxygen atoms in total. The third-order valence-electron chi connectivity index (χ3n) is 5.60. The standard InChI is InChI=1S/C23H24N6O2/c1-30-17-6-8-19(9-7-17)31-18-4-2-15(3-5-18)21-20-22(24)26-14-27-23(20)29(28-21)16-10-12-25-13-11-16/h2-9,14,16,25H,10-13H2,1H3,(H2,24,26,27). The summed E-state index contributed by atoms with van der Waals surface area (Å²) in [6, 6.07) is 15.6. The maximum atomic E-state index is 6.24. The Bertz CT molecular complexity index is 1180. The summed E-state index contributed by atoms with van der Waals surface area (Å²) in [6.45, 7) is 1.94. The number of nitrogens with two attached hydrogens (primary N) is 1. The highest BCUT2D eigenvalue weighted by atomic mass is 16.5. The van der Waals surface area contributed by atoms with Gasteiger partial charge in [-0.1, -0.05) is 0 Å². The van der Waals surface area contributed by atoms with Crippen molar-refractivity contribution in [2.75, 3.05) is 25.9 Å². The van der Waals surface area contributed by atoms with Crippen molar-refractivity contribution in [2.24, 2.45) is 0 Å². The predicted octanol–water partition coefficient (Wildman–Crippen LogP) is 3.80. The molecule has 0 spiro atoms. The SMILES string of the molecule is COc1ccc(Oc2ccc(-c3nn(C4CCNCC4)c4ncnc(N)c34)cc2)cc1. The number of nitrogens with zero attached hydrogens (tertiary/aromatic N) is 4. The molecule has 0 atom stereocenters. The lowest BCUT2D eigenvalue weighted by atomic mass is 10.1. The highest BCUT2D eigenvalue weighted by Gasteiger charge is 2.23. The average Bonchev–Trinajstić information content (AvgIpc) is 3.22. The smallest absolute Gasteiger partial charge is 0.164 e. The lowest BCUT2D eigenvalue weighted by Crippen LogP contribution is -2.30. The third kappa shape index (κ3) is 3.77. The second-order valence-corrected chi connectivity index (χ2v) is 7.53. The number of rotatable bonds is 5. The van der Waals surface area contributed by atoms with Crippen LogP contribution in [0, 0.1) is 0 Å². The van der Waals surface area contributed by atoms with Gasteiger partial charge in [0.2, 0.25) is 0 Å². The van der Waals surface area contributed by atoms with Crippen molar-refractivity contribution in [3.63, 3.8) is 0 Å². The number of hydrogen-bond donors (Lipinski definition) is 2. The zero-order valence-corrected chi connectivity index (χ0v) is 17.3. The second-order valence-electron chi connectivity index (χ2n) is 7.53. The van der Waals surface area contributed by atoms with Crippen LogP contribution in [0.25, 0.3) is 22.3 Å². The molecule has 4 aromatic rings. The Hall–Kier alpha value is -3.65. The molecular formula is C23H24N6O2. The lowest BCUT2D eigenvalue weighted by Gasteiger charge is -2.23. The molecule has 0 radical (unpaired) electrons. The minimum absolute atomic E-state index is 0.296. The Morgan fingerprint density at radius 1 is 0.935 bits per heavy atom. The minimum atomic E-state index is 0.296. The Balaban J connectivity index is 1.47. The van der Waals surface area contributed by atoms with Gasteiger partial charge in [-0.2, -0.15) is 5.10 Å². The fourth-order valence-electron chi connectivity index (χ4n) is 3.96. The van der Waals surface area contributed by atoms with Gasteiger partial charge >= 0.3 is 0 Å². The van der Waals surface area contributed by atoms with Gasteiger partial charge in [0, 0.05) is 5.56 Å². The normalized spacial score (nSPS) is 14.6. The van der Waals surface area contributed by atoms with Gasteiger partial charge in [0.1, 0.15) is 35.1 Å². The van der Waals surface area contributed by atoms with Crippen LogP contribution in [0.4, 0.5) is 5.82 Å².